The molecule has 0 spiro atoms. The van der Waals surface area contributed by atoms with Gasteiger partial charge in [-0.1, -0.05) is 75.0 Å². The zero-order valence-corrected chi connectivity index (χ0v) is 21.0. The van der Waals surface area contributed by atoms with E-state index in [9.17, 15) is 20.4 Å². The second-order valence-corrected chi connectivity index (χ2v) is 8.94. The predicted molar refractivity (Wildman–Crippen MR) is 140 cm³/mol. The van der Waals surface area contributed by atoms with E-state index in [4.69, 9.17) is 12.8 Å². The zero-order chi connectivity index (χ0) is 25.3. The number of aliphatic hydroxyl groups excluding tert-OH is 4. The molecular weight excluding hydrogens is 424 g/mol. The van der Waals surface area contributed by atoms with Gasteiger partial charge in [-0.3, -0.25) is 0 Å². The van der Waals surface area contributed by atoms with Crippen molar-refractivity contribution in [3.63, 3.8) is 0 Å². The molecule has 0 rings (SSSR count). The van der Waals surface area contributed by atoms with Crippen molar-refractivity contribution in [2.75, 3.05) is 0 Å². The van der Waals surface area contributed by atoms with E-state index in [1.54, 1.807) is 0 Å². The molecule has 0 aromatic rings. The summed E-state index contributed by atoms with van der Waals surface area (Å²) in [6.45, 7) is 0. The molecule has 0 aromatic carbocycles. The van der Waals surface area contributed by atoms with E-state index in [1.165, 1.54) is 0 Å². The minimum atomic E-state index is -0.708. The lowest BCUT2D eigenvalue weighted by Gasteiger charge is -2.05. The topological polar surface area (TPSA) is 80.9 Å². The van der Waals surface area contributed by atoms with Gasteiger partial charge in [-0.25, -0.2) is 0 Å². The molecule has 0 aliphatic heterocycles. The lowest BCUT2D eigenvalue weighted by molar-refractivity contribution is 0.172. The Labute approximate surface area is 208 Å². The molecule has 0 aliphatic carbocycles. The Bertz CT molecular complexity index is 619. The summed E-state index contributed by atoms with van der Waals surface area (Å²) in [5.74, 6) is 16.4. The fourth-order valence-electron chi connectivity index (χ4n) is 3.52. The van der Waals surface area contributed by atoms with Crippen LogP contribution in [0.15, 0.2) is 0 Å². The van der Waals surface area contributed by atoms with Crippen LogP contribution in [0.5, 0.6) is 0 Å². The number of unbranched alkanes of at least 4 members (excludes halogenated alkanes) is 12. The first-order chi connectivity index (χ1) is 16.5. The van der Waals surface area contributed by atoms with Gasteiger partial charge in [0.05, 0.1) is 0 Å². The van der Waals surface area contributed by atoms with Crippen LogP contribution in [0, 0.1) is 48.4 Å². The van der Waals surface area contributed by atoms with E-state index in [2.05, 4.69) is 35.5 Å². The fraction of sp³-hybridized carbons (Fsp3) is 0.733. The first-order valence-electron chi connectivity index (χ1n) is 13.1. The normalized spacial score (nSPS) is 13.8. The molecule has 0 saturated heterocycles. The van der Waals surface area contributed by atoms with Gasteiger partial charge in [-0.2, -0.15) is 0 Å². The summed E-state index contributed by atoms with van der Waals surface area (Å²) in [5, 5.41) is 38.5. The average Bonchev–Trinajstić information content (AvgIpc) is 2.84. The van der Waals surface area contributed by atoms with E-state index < -0.39 is 24.4 Å². The van der Waals surface area contributed by atoms with E-state index in [0.29, 0.717) is 25.7 Å². The van der Waals surface area contributed by atoms with Crippen LogP contribution in [0.1, 0.15) is 116 Å². The number of aliphatic hydroxyl groups is 4. The van der Waals surface area contributed by atoms with Crippen LogP contribution < -0.4 is 0 Å². The van der Waals surface area contributed by atoms with Gasteiger partial charge >= 0.3 is 0 Å². The van der Waals surface area contributed by atoms with Crippen molar-refractivity contribution >= 4 is 0 Å². The van der Waals surface area contributed by atoms with Crippen LogP contribution in [-0.4, -0.2) is 44.8 Å². The molecule has 34 heavy (non-hydrogen) atoms. The van der Waals surface area contributed by atoms with Crippen molar-refractivity contribution in [2.45, 2.75) is 140 Å². The van der Waals surface area contributed by atoms with Crippen LogP contribution in [0.3, 0.4) is 0 Å². The van der Waals surface area contributed by atoms with Crippen LogP contribution >= 0.6 is 0 Å². The molecule has 0 fully saturated rings. The standard InChI is InChI=1S/C30H46O4/c1-3-27(31)21-17-13-9-5-7-11-15-19-23-29(33)25-26-30(34)24-20-16-12-8-6-10-14-18-22-28(32)4-2/h1-2,27-34H,5-18,21-22,25-26H2/t27-,28-,29-,30-/m0/s1. The van der Waals surface area contributed by atoms with Gasteiger partial charge in [0, 0.05) is 12.8 Å². The fourth-order valence-corrected chi connectivity index (χ4v) is 3.52. The largest absolute Gasteiger partial charge is 0.380 e. The van der Waals surface area contributed by atoms with Gasteiger partial charge in [0.2, 0.25) is 0 Å². The molecule has 0 heterocycles. The van der Waals surface area contributed by atoms with E-state index in [0.717, 1.165) is 89.9 Å². The van der Waals surface area contributed by atoms with Crippen LogP contribution in [0.25, 0.3) is 0 Å². The highest BCUT2D eigenvalue weighted by Gasteiger charge is 2.04. The third-order valence-corrected chi connectivity index (χ3v) is 5.69. The van der Waals surface area contributed by atoms with Gasteiger partial charge in [0.25, 0.3) is 0 Å². The number of hydrogen-bond acceptors (Lipinski definition) is 4. The monoisotopic (exact) mass is 470 g/mol. The number of terminal acetylenes is 2. The highest BCUT2D eigenvalue weighted by atomic mass is 16.3. The van der Waals surface area contributed by atoms with Gasteiger partial charge in [-0.05, 0) is 51.4 Å². The molecule has 0 aliphatic rings. The summed E-state index contributed by atoms with van der Waals surface area (Å²) in [4.78, 5) is 0. The highest BCUT2D eigenvalue weighted by Crippen LogP contribution is 2.11. The molecule has 0 amide bonds. The van der Waals surface area contributed by atoms with Gasteiger partial charge in [-0.15, -0.1) is 24.7 Å². The third kappa shape index (κ3) is 23.2. The van der Waals surface area contributed by atoms with Crippen molar-refractivity contribution in [3.05, 3.63) is 0 Å². The molecule has 0 bridgehead atoms. The van der Waals surface area contributed by atoms with Gasteiger partial charge < -0.3 is 20.4 Å². The summed E-state index contributed by atoms with van der Waals surface area (Å²) in [6.07, 6.45) is 24.4. The van der Waals surface area contributed by atoms with E-state index >= 15 is 0 Å². The molecule has 0 saturated carbocycles. The van der Waals surface area contributed by atoms with Crippen molar-refractivity contribution in [1.82, 2.24) is 0 Å². The molecule has 4 nitrogen and oxygen atoms in total. The Kier molecular flexibility index (Phi) is 22.8. The average molecular weight is 471 g/mol. The first-order valence-corrected chi connectivity index (χ1v) is 13.1. The predicted octanol–water partition coefficient (Wildman–Crippen LogP) is 4.73. The van der Waals surface area contributed by atoms with E-state index in [1.807, 2.05) is 0 Å². The second kappa shape index (κ2) is 24.2. The summed E-state index contributed by atoms with van der Waals surface area (Å²) < 4.78 is 0. The maximum absolute atomic E-state index is 9.95. The summed E-state index contributed by atoms with van der Waals surface area (Å²) in [6, 6.07) is 0. The second-order valence-electron chi connectivity index (χ2n) is 8.94. The third-order valence-electron chi connectivity index (χ3n) is 5.69. The smallest absolute Gasteiger partial charge is 0.114 e. The summed E-state index contributed by atoms with van der Waals surface area (Å²) in [5.41, 5.74) is 0. The lowest BCUT2D eigenvalue weighted by atomic mass is 10.1. The zero-order valence-electron chi connectivity index (χ0n) is 21.0. The van der Waals surface area contributed by atoms with Crippen molar-refractivity contribution < 1.29 is 20.4 Å². The van der Waals surface area contributed by atoms with Crippen LogP contribution in [0.2, 0.25) is 0 Å². The molecule has 0 aromatic heterocycles. The summed E-state index contributed by atoms with van der Waals surface area (Å²) >= 11 is 0. The van der Waals surface area contributed by atoms with Crippen LogP contribution in [0.4, 0.5) is 0 Å². The highest BCUT2D eigenvalue weighted by molar-refractivity contribution is 5.07. The minimum absolute atomic E-state index is 0.431. The quantitative estimate of drug-likeness (QED) is 0.163. The number of hydrogen-bond donors (Lipinski definition) is 4. The van der Waals surface area contributed by atoms with Crippen molar-refractivity contribution in [3.8, 4) is 48.4 Å². The molecule has 0 unspecified atom stereocenters. The van der Waals surface area contributed by atoms with Crippen LogP contribution in [-0.2, 0) is 0 Å². The van der Waals surface area contributed by atoms with Crippen molar-refractivity contribution in [1.29, 1.82) is 0 Å². The van der Waals surface area contributed by atoms with Gasteiger partial charge in [0.15, 0.2) is 0 Å². The Balaban J connectivity index is 3.58. The molecule has 4 heteroatoms. The Morgan fingerprint density at radius 1 is 0.412 bits per heavy atom. The lowest BCUT2D eigenvalue weighted by Crippen LogP contribution is -2.10. The van der Waals surface area contributed by atoms with Crippen molar-refractivity contribution in [2.24, 2.45) is 0 Å². The SMILES string of the molecule is C#C[C@H](O)CCCCCCCCC#C[C@H](O)CC[C@@H](O)C#CCCCCCCCC[C@@H](O)C#C. The molecule has 190 valence electrons. The molecule has 0 radical (unpaired) electrons. The Morgan fingerprint density at radius 2 is 0.735 bits per heavy atom. The molecular formula is C30H46O4. The maximum atomic E-state index is 9.95. The van der Waals surface area contributed by atoms with Gasteiger partial charge in [0.1, 0.15) is 24.4 Å². The molecule has 4 N–H and O–H groups in total. The number of rotatable bonds is 19. The Hall–Kier alpha value is -1.92. The Morgan fingerprint density at radius 3 is 1.09 bits per heavy atom. The molecule has 4 atom stereocenters. The summed E-state index contributed by atoms with van der Waals surface area (Å²) in [7, 11) is 0. The minimum Gasteiger partial charge on any atom is -0.380 e. The maximum Gasteiger partial charge on any atom is 0.114 e. The van der Waals surface area contributed by atoms with E-state index in [-0.39, 0.29) is 0 Å². The first kappa shape index (κ1) is 32.1.